The van der Waals surface area contributed by atoms with Crippen molar-refractivity contribution < 1.29 is 4.21 Å². The molecule has 4 nitrogen and oxygen atoms in total. The first kappa shape index (κ1) is 16.4. The zero-order chi connectivity index (χ0) is 16.2. The molecule has 2 atom stereocenters. The van der Waals surface area contributed by atoms with Crippen molar-refractivity contribution >= 4 is 10.8 Å². The van der Waals surface area contributed by atoms with E-state index < -0.39 is 10.8 Å². The van der Waals surface area contributed by atoms with Crippen molar-refractivity contribution in [2.45, 2.75) is 56.1 Å². The number of rotatable bonds is 6. The van der Waals surface area contributed by atoms with Crippen LogP contribution in [0.15, 0.2) is 41.4 Å². The summed E-state index contributed by atoms with van der Waals surface area (Å²) in [6, 6.07) is 10.9. The van der Waals surface area contributed by atoms with Crippen molar-refractivity contribution in [1.82, 2.24) is 15.1 Å². The molecule has 0 aliphatic heterocycles. The highest BCUT2D eigenvalue weighted by atomic mass is 32.2. The fraction of sp³-hybridized carbons (Fsp3) is 0.500. The van der Waals surface area contributed by atoms with Gasteiger partial charge in [-0.3, -0.25) is 8.89 Å². The highest BCUT2D eigenvalue weighted by molar-refractivity contribution is 7.84. The van der Waals surface area contributed by atoms with Crippen LogP contribution in [0.4, 0.5) is 0 Å². The first-order valence-electron chi connectivity index (χ1n) is 8.34. The highest BCUT2D eigenvalue weighted by Gasteiger charge is 2.17. The topological polar surface area (TPSA) is 46.9 Å². The van der Waals surface area contributed by atoms with E-state index in [-0.39, 0.29) is 6.04 Å². The predicted molar refractivity (Wildman–Crippen MR) is 93.8 cm³/mol. The van der Waals surface area contributed by atoms with E-state index in [1.807, 2.05) is 24.3 Å². The molecular weight excluding hydrogens is 306 g/mol. The van der Waals surface area contributed by atoms with Gasteiger partial charge in [-0.15, -0.1) is 0 Å². The van der Waals surface area contributed by atoms with E-state index in [0.29, 0.717) is 6.04 Å². The molecule has 1 aromatic carbocycles. The molecule has 0 spiro atoms. The van der Waals surface area contributed by atoms with Gasteiger partial charge in [0.25, 0.3) is 0 Å². The van der Waals surface area contributed by atoms with Crippen molar-refractivity contribution in [3.63, 3.8) is 0 Å². The Bertz CT molecular complexity index is 659. The van der Waals surface area contributed by atoms with Crippen LogP contribution >= 0.6 is 0 Å². The molecule has 2 aromatic rings. The Morgan fingerprint density at radius 1 is 1.26 bits per heavy atom. The van der Waals surface area contributed by atoms with E-state index in [1.165, 1.54) is 31.2 Å². The summed E-state index contributed by atoms with van der Waals surface area (Å²) < 4.78 is 13.6. The van der Waals surface area contributed by atoms with Gasteiger partial charge < -0.3 is 5.32 Å². The van der Waals surface area contributed by atoms with Gasteiger partial charge in [0.2, 0.25) is 0 Å². The Balaban J connectivity index is 1.56. The molecule has 5 heteroatoms. The summed E-state index contributed by atoms with van der Waals surface area (Å²) in [7, 11) is -0.916. The second-order valence-electron chi connectivity index (χ2n) is 6.35. The van der Waals surface area contributed by atoms with E-state index >= 15 is 0 Å². The summed E-state index contributed by atoms with van der Waals surface area (Å²) in [4.78, 5) is 0.872. The van der Waals surface area contributed by atoms with Crippen LogP contribution < -0.4 is 5.32 Å². The van der Waals surface area contributed by atoms with E-state index in [1.54, 1.807) is 6.26 Å². The first-order chi connectivity index (χ1) is 11.1. The third-order valence-corrected chi connectivity index (χ3v) is 5.60. The third kappa shape index (κ3) is 4.09. The molecule has 1 aliphatic rings. The number of aromatic nitrogens is 2. The average molecular weight is 331 g/mol. The minimum atomic E-state index is -0.916. The fourth-order valence-electron chi connectivity index (χ4n) is 3.17. The summed E-state index contributed by atoms with van der Waals surface area (Å²) in [5, 5.41) is 8.23. The number of benzene rings is 1. The number of hydrogen-bond acceptors (Lipinski definition) is 3. The second-order valence-corrected chi connectivity index (χ2v) is 7.73. The molecule has 1 saturated carbocycles. The number of nitrogens with zero attached hydrogens (tertiary/aromatic N) is 2. The molecule has 0 radical (unpaired) electrons. The SMILES string of the molecule is C[C@H](NCc1ccn(C2CCCC2)n1)c1ccc([S@](C)=O)cc1. The van der Waals surface area contributed by atoms with E-state index in [9.17, 15) is 4.21 Å². The molecule has 1 N–H and O–H groups in total. The zero-order valence-corrected chi connectivity index (χ0v) is 14.7. The van der Waals surface area contributed by atoms with Crippen LogP contribution in [0.1, 0.15) is 55.9 Å². The molecule has 124 valence electrons. The molecule has 1 aromatic heterocycles. The Morgan fingerprint density at radius 3 is 2.61 bits per heavy atom. The normalized spacial score (nSPS) is 18.2. The van der Waals surface area contributed by atoms with Gasteiger partial charge in [0.15, 0.2) is 0 Å². The molecule has 0 amide bonds. The Labute approximate surface area is 140 Å². The Kier molecular flexibility index (Phi) is 5.28. The van der Waals surface area contributed by atoms with Crippen molar-refractivity contribution in [2.75, 3.05) is 6.26 Å². The van der Waals surface area contributed by atoms with Gasteiger partial charge >= 0.3 is 0 Å². The monoisotopic (exact) mass is 331 g/mol. The number of nitrogens with one attached hydrogen (secondary N) is 1. The van der Waals surface area contributed by atoms with Gasteiger partial charge in [0.1, 0.15) is 0 Å². The van der Waals surface area contributed by atoms with Crippen LogP contribution in [0.5, 0.6) is 0 Å². The molecule has 1 heterocycles. The average Bonchev–Trinajstić information content (AvgIpc) is 3.23. The maximum Gasteiger partial charge on any atom is 0.0762 e. The molecule has 1 aliphatic carbocycles. The third-order valence-electron chi connectivity index (χ3n) is 4.66. The number of hydrogen-bond donors (Lipinski definition) is 1. The lowest BCUT2D eigenvalue weighted by molar-refractivity contribution is 0.458. The highest BCUT2D eigenvalue weighted by Crippen LogP contribution is 2.28. The lowest BCUT2D eigenvalue weighted by atomic mass is 10.1. The van der Waals surface area contributed by atoms with Gasteiger partial charge in [0, 0.05) is 40.7 Å². The molecule has 23 heavy (non-hydrogen) atoms. The van der Waals surface area contributed by atoms with Gasteiger partial charge in [-0.25, -0.2) is 0 Å². The van der Waals surface area contributed by atoms with Gasteiger partial charge in [-0.05, 0) is 43.5 Å². The van der Waals surface area contributed by atoms with Crippen molar-refractivity contribution in [3.05, 3.63) is 47.8 Å². The van der Waals surface area contributed by atoms with Crippen LogP contribution in [0, 0.1) is 0 Å². The summed E-state index contributed by atoms with van der Waals surface area (Å²) >= 11 is 0. The quantitative estimate of drug-likeness (QED) is 0.880. The Hall–Kier alpha value is -1.46. The van der Waals surface area contributed by atoms with Crippen molar-refractivity contribution in [2.24, 2.45) is 0 Å². The summed E-state index contributed by atoms with van der Waals surface area (Å²) in [5.41, 5.74) is 2.30. The Morgan fingerprint density at radius 2 is 1.96 bits per heavy atom. The maximum absolute atomic E-state index is 11.4. The molecule has 0 unspecified atom stereocenters. The molecular formula is C18H25N3OS. The summed E-state index contributed by atoms with van der Waals surface area (Å²) in [6.45, 7) is 2.91. The largest absolute Gasteiger partial charge is 0.304 e. The van der Waals surface area contributed by atoms with Crippen LogP contribution in [0.25, 0.3) is 0 Å². The van der Waals surface area contributed by atoms with E-state index in [4.69, 9.17) is 5.10 Å². The molecule has 0 bridgehead atoms. The second kappa shape index (κ2) is 7.41. The summed E-state index contributed by atoms with van der Waals surface area (Å²) in [6.07, 6.45) is 8.99. The molecule has 3 rings (SSSR count). The zero-order valence-electron chi connectivity index (χ0n) is 13.9. The van der Waals surface area contributed by atoms with Crippen molar-refractivity contribution in [1.29, 1.82) is 0 Å². The van der Waals surface area contributed by atoms with Crippen LogP contribution in [0.3, 0.4) is 0 Å². The maximum atomic E-state index is 11.4. The predicted octanol–water partition coefficient (Wildman–Crippen LogP) is 3.59. The minimum absolute atomic E-state index is 0.242. The lowest BCUT2D eigenvalue weighted by Crippen LogP contribution is -2.18. The van der Waals surface area contributed by atoms with E-state index in [2.05, 4.69) is 29.2 Å². The standard InChI is InChI=1S/C18H25N3OS/c1-14(15-7-9-18(10-8-15)23(2)22)19-13-16-11-12-21(20-16)17-5-3-4-6-17/h7-12,14,17,19H,3-6,13H2,1-2H3/t14-,23-/m0/s1. The van der Waals surface area contributed by atoms with Crippen LogP contribution in [-0.4, -0.2) is 20.2 Å². The van der Waals surface area contributed by atoms with Crippen LogP contribution in [-0.2, 0) is 17.3 Å². The minimum Gasteiger partial charge on any atom is -0.304 e. The fourth-order valence-corrected chi connectivity index (χ4v) is 3.69. The van der Waals surface area contributed by atoms with Gasteiger partial charge in [0.05, 0.1) is 11.7 Å². The molecule has 0 saturated heterocycles. The van der Waals surface area contributed by atoms with Gasteiger partial charge in [-0.2, -0.15) is 5.10 Å². The van der Waals surface area contributed by atoms with Crippen molar-refractivity contribution in [3.8, 4) is 0 Å². The smallest absolute Gasteiger partial charge is 0.0762 e. The van der Waals surface area contributed by atoms with Gasteiger partial charge in [-0.1, -0.05) is 25.0 Å². The first-order valence-corrected chi connectivity index (χ1v) is 9.90. The van der Waals surface area contributed by atoms with Crippen LogP contribution in [0.2, 0.25) is 0 Å². The van der Waals surface area contributed by atoms with E-state index in [0.717, 1.165) is 17.1 Å². The summed E-state index contributed by atoms with van der Waals surface area (Å²) in [5.74, 6) is 0. The molecule has 1 fully saturated rings. The lowest BCUT2D eigenvalue weighted by Gasteiger charge is -2.14.